The van der Waals surface area contributed by atoms with Crippen molar-refractivity contribution in [1.29, 1.82) is 0 Å². The molecule has 23 heavy (non-hydrogen) atoms. The average Bonchev–Trinajstić information content (AvgIpc) is 2.60. The van der Waals surface area contributed by atoms with Gasteiger partial charge in [-0.15, -0.1) is 0 Å². The quantitative estimate of drug-likeness (QED) is 0.766. The first-order valence-electron chi connectivity index (χ1n) is 7.54. The van der Waals surface area contributed by atoms with Crippen LogP contribution in [0.3, 0.4) is 0 Å². The summed E-state index contributed by atoms with van der Waals surface area (Å²) in [7, 11) is 1.29. The molecule has 8 heteroatoms. The number of ether oxygens (including phenoxy) is 2. The number of hydrogen-bond acceptors (Lipinski definition) is 6. The van der Waals surface area contributed by atoms with Gasteiger partial charge < -0.3 is 20.1 Å². The second kappa shape index (κ2) is 9.06. The molecule has 1 aliphatic heterocycles. The molecule has 2 amide bonds. The van der Waals surface area contributed by atoms with E-state index in [4.69, 9.17) is 4.74 Å². The third kappa shape index (κ3) is 5.84. The van der Waals surface area contributed by atoms with Crippen LogP contribution in [0.15, 0.2) is 18.3 Å². The van der Waals surface area contributed by atoms with Gasteiger partial charge in [0.1, 0.15) is 0 Å². The Hall–Kier alpha value is -2.19. The Kier molecular flexibility index (Phi) is 6.76. The number of pyridine rings is 1. The van der Waals surface area contributed by atoms with Crippen LogP contribution in [0, 0.1) is 0 Å². The van der Waals surface area contributed by atoms with E-state index in [1.165, 1.54) is 7.11 Å². The molecule has 2 heterocycles. The molecule has 0 radical (unpaired) electrons. The van der Waals surface area contributed by atoms with Crippen molar-refractivity contribution in [2.75, 3.05) is 46.5 Å². The normalized spacial score (nSPS) is 15.0. The molecule has 0 spiro atoms. The molecule has 126 valence electrons. The zero-order valence-corrected chi connectivity index (χ0v) is 13.2. The van der Waals surface area contributed by atoms with Gasteiger partial charge in [0.2, 0.25) is 0 Å². The molecule has 1 saturated heterocycles. The maximum absolute atomic E-state index is 12.1. The molecule has 8 nitrogen and oxygen atoms in total. The Morgan fingerprint density at radius 2 is 2.13 bits per heavy atom. The molecule has 2 rings (SSSR count). The number of aromatic nitrogens is 1. The van der Waals surface area contributed by atoms with Crippen molar-refractivity contribution < 1.29 is 19.1 Å². The van der Waals surface area contributed by atoms with Gasteiger partial charge in [0.25, 0.3) is 5.91 Å². The molecule has 0 saturated carbocycles. The minimum Gasteiger partial charge on any atom is -0.453 e. The van der Waals surface area contributed by atoms with Crippen LogP contribution in [0.4, 0.5) is 4.79 Å². The third-order valence-electron chi connectivity index (χ3n) is 3.50. The Labute approximate surface area is 135 Å². The summed E-state index contributed by atoms with van der Waals surface area (Å²) in [6, 6.07) is 3.30. The number of nitrogens with zero attached hydrogens (tertiary/aromatic N) is 2. The Balaban J connectivity index is 1.78. The highest BCUT2D eigenvalue weighted by Gasteiger charge is 2.11. The number of methoxy groups -OCH3 is 1. The lowest BCUT2D eigenvalue weighted by atomic mass is 10.2. The molecule has 0 aliphatic carbocycles. The summed E-state index contributed by atoms with van der Waals surface area (Å²) in [4.78, 5) is 29.5. The van der Waals surface area contributed by atoms with Crippen LogP contribution in [-0.4, -0.2) is 68.4 Å². The van der Waals surface area contributed by atoms with Gasteiger partial charge in [-0.05, 0) is 12.1 Å². The van der Waals surface area contributed by atoms with E-state index in [2.05, 4.69) is 25.3 Å². The van der Waals surface area contributed by atoms with Crippen molar-refractivity contribution in [2.24, 2.45) is 0 Å². The van der Waals surface area contributed by atoms with Crippen LogP contribution >= 0.6 is 0 Å². The summed E-state index contributed by atoms with van der Waals surface area (Å²) in [6.45, 7) is 4.88. The first-order chi connectivity index (χ1) is 11.2. The van der Waals surface area contributed by atoms with Crippen LogP contribution in [0.2, 0.25) is 0 Å². The molecule has 0 bridgehead atoms. The van der Waals surface area contributed by atoms with Crippen LogP contribution in [-0.2, 0) is 16.0 Å². The van der Waals surface area contributed by atoms with Gasteiger partial charge in [0.15, 0.2) is 0 Å². The molecule has 0 unspecified atom stereocenters. The molecule has 0 atom stereocenters. The lowest BCUT2D eigenvalue weighted by molar-refractivity contribution is 0.0383. The van der Waals surface area contributed by atoms with Crippen molar-refractivity contribution in [3.8, 4) is 0 Å². The fraction of sp³-hybridized carbons (Fsp3) is 0.533. The molecule has 1 aliphatic rings. The smallest absolute Gasteiger partial charge is 0.407 e. The Morgan fingerprint density at radius 1 is 1.35 bits per heavy atom. The largest absolute Gasteiger partial charge is 0.453 e. The van der Waals surface area contributed by atoms with E-state index in [1.54, 1.807) is 18.3 Å². The fourth-order valence-electron chi connectivity index (χ4n) is 2.21. The predicted octanol–water partition coefficient (Wildman–Crippen LogP) is -0.000400. The lowest BCUT2D eigenvalue weighted by Crippen LogP contribution is -2.41. The van der Waals surface area contributed by atoms with Gasteiger partial charge in [-0.2, -0.15) is 0 Å². The first kappa shape index (κ1) is 17.2. The maximum Gasteiger partial charge on any atom is 0.407 e. The average molecular weight is 322 g/mol. The van der Waals surface area contributed by atoms with E-state index in [1.807, 2.05) is 0 Å². The number of morpholine rings is 1. The topological polar surface area (TPSA) is 92.8 Å². The van der Waals surface area contributed by atoms with E-state index in [9.17, 15) is 9.59 Å². The van der Waals surface area contributed by atoms with E-state index < -0.39 is 6.09 Å². The zero-order valence-electron chi connectivity index (χ0n) is 13.2. The highest BCUT2D eigenvalue weighted by Crippen LogP contribution is 2.02. The second-order valence-corrected chi connectivity index (χ2v) is 5.09. The lowest BCUT2D eigenvalue weighted by Gasteiger charge is -2.26. The number of nitrogens with one attached hydrogen (secondary N) is 2. The Bertz CT molecular complexity index is 532. The van der Waals surface area contributed by atoms with E-state index in [0.29, 0.717) is 17.8 Å². The summed E-state index contributed by atoms with van der Waals surface area (Å²) in [6.07, 6.45) is 1.01. The van der Waals surface area contributed by atoms with E-state index in [0.717, 1.165) is 32.8 Å². The van der Waals surface area contributed by atoms with E-state index >= 15 is 0 Å². The van der Waals surface area contributed by atoms with Crippen molar-refractivity contribution in [1.82, 2.24) is 20.5 Å². The summed E-state index contributed by atoms with van der Waals surface area (Å²) in [5.41, 5.74) is 1.11. The highest BCUT2D eigenvalue weighted by atomic mass is 16.5. The third-order valence-corrected chi connectivity index (χ3v) is 3.50. The van der Waals surface area contributed by atoms with Crippen LogP contribution in [0.1, 0.15) is 16.1 Å². The molecular weight excluding hydrogens is 300 g/mol. The summed E-state index contributed by atoms with van der Waals surface area (Å²) in [5.74, 6) is -0.153. The van der Waals surface area contributed by atoms with Gasteiger partial charge in [-0.1, -0.05) is 0 Å². The summed E-state index contributed by atoms with van der Waals surface area (Å²) < 4.78 is 9.77. The summed E-state index contributed by atoms with van der Waals surface area (Å²) >= 11 is 0. The first-order valence-corrected chi connectivity index (χ1v) is 7.54. The number of rotatable bonds is 6. The number of amides is 2. The summed E-state index contributed by atoms with van der Waals surface area (Å²) in [5, 5.41) is 5.42. The van der Waals surface area contributed by atoms with Gasteiger partial charge >= 0.3 is 6.09 Å². The minimum absolute atomic E-state index is 0.153. The number of alkyl carbamates (subject to hydrolysis) is 1. The molecule has 0 aromatic carbocycles. The van der Waals surface area contributed by atoms with Crippen molar-refractivity contribution in [2.45, 2.75) is 6.54 Å². The standard InChI is InChI=1S/C15H22N4O4/c1-22-15(21)18-11-13-10-12(2-3-16-13)14(20)17-4-5-19-6-8-23-9-7-19/h2-3,10H,4-9,11H2,1H3,(H,17,20)(H,18,21). The SMILES string of the molecule is COC(=O)NCc1cc(C(=O)NCCN2CCOCC2)ccn1. The molecular formula is C15H22N4O4. The van der Waals surface area contributed by atoms with Crippen LogP contribution in [0.25, 0.3) is 0 Å². The molecule has 2 N–H and O–H groups in total. The number of hydrogen-bond donors (Lipinski definition) is 2. The fourth-order valence-corrected chi connectivity index (χ4v) is 2.21. The molecule has 1 aromatic rings. The van der Waals surface area contributed by atoms with Crippen molar-refractivity contribution in [3.63, 3.8) is 0 Å². The number of carbonyl (C=O) groups excluding carboxylic acids is 2. The van der Waals surface area contributed by atoms with E-state index in [-0.39, 0.29) is 12.5 Å². The highest BCUT2D eigenvalue weighted by molar-refractivity contribution is 5.94. The van der Waals surface area contributed by atoms with Gasteiger partial charge in [-0.25, -0.2) is 4.79 Å². The monoisotopic (exact) mass is 322 g/mol. The van der Waals surface area contributed by atoms with Crippen LogP contribution in [0.5, 0.6) is 0 Å². The zero-order chi connectivity index (χ0) is 16.5. The van der Waals surface area contributed by atoms with Crippen molar-refractivity contribution in [3.05, 3.63) is 29.6 Å². The molecule has 1 fully saturated rings. The number of carbonyl (C=O) groups is 2. The second-order valence-electron chi connectivity index (χ2n) is 5.09. The van der Waals surface area contributed by atoms with Gasteiger partial charge in [0, 0.05) is 37.9 Å². The van der Waals surface area contributed by atoms with Gasteiger partial charge in [0.05, 0.1) is 32.6 Å². The van der Waals surface area contributed by atoms with Crippen molar-refractivity contribution >= 4 is 12.0 Å². The predicted molar refractivity (Wildman–Crippen MR) is 83.1 cm³/mol. The van der Waals surface area contributed by atoms with Gasteiger partial charge in [-0.3, -0.25) is 14.7 Å². The minimum atomic E-state index is -0.535. The maximum atomic E-state index is 12.1. The molecule has 1 aromatic heterocycles. The Morgan fingerprint density at radius 3 is 2.87 bits per heavy atom. The van der Waals surface area contributed by atoms with Crippen LogP contribution < -0.4 is 10.6 Å².